The van der Waals surface area contributed by atoms with Gasteiger partial charge in [-0.25, -0.2) is 0 Å². The molecule has 0 amide bonds. The zero-order chi connectivity index (χ0) is 14.8. The van der Waals surface area contributed by atoms with Gasteiger partial charge in [-0.3, -0.25) is 4.99 Å². The summed E-state index contributed by atoms with van der Waals surface area (Å²) in [6.45, 7) is 3.31. The third kappa shape index (κ3) is 3.31. The highest BCUT2D eigenvalue weighted by Crippen LogP contribution is 2.46. The third-order valence-corrected chi connectivity index (χ3v) is 5.28. The van der Waals surface area contributed by atoms with Crippen molar-refractivity contribution in [3.05, 3.63) is 47.7 Å². The molecule has 4 rings (SSSR count). The van der Waals surface area contributed by atoms with E-state index in [9.17, 15) is 0 Å². The molecule has 22 heavy (non-hydrogen) atoms. The van der Waals surface area contributed by atoms with Gasteiger partial charge in [0.1, 0.15) is 0 Å². The molecule has 2 aliphatic carbocycles. The Labute approximate surface area is 132 Å². The van der Waals surface area contributed by atoms with Gasteiger partial charge in [0, 0.05) is 50.4 Å². The molecule has 2 saturated carbocycles. The largest absolute Gasteiger partial charge is 0.313 e. The van der Waals surface area contributed by atoms with Gasteiger partial charge in [-0.05, 0) is 35.8 Å². The maximum Gasteiger partial charge on any atom is 0.0272 e. The normalized spacial score (nSPS) is 27.7. The lowest BCUT2D eigenvalue weighted by Gasteiger charge is -2.17. The van der Waals surface area contributed by atoms with Crippen LogP contribution in [0.1, 0.15) is 37.2 Å². The molecule has 2 fully saturated rings. The monoisotopic (exact) mass is 295 g/mol. The van der Waals surface area contributed by atoms with E-state index in [0.29, 0.717) is 11.5 Å². The predicted octanol–water partition coefficient (Wildman–Crippen LogP) is 2.86. The molecule has 0 bridgehead atoms. The molecular weight excluding hydrogens is 270 g/mol. The number of benzene rings is 1. The number of nitrogens with zero attached hydrogens (tertiary/aromatic N) is 1. The van der Waals surface area contributed by atoms with Crippen LogP contribution in [0.5, 0.6) is 0 Å². The fourth-order valence-electron chi connectivity index (χ4n) is 3.42. The Balaban J connectivity index is 1.18. The summed E-state index contributed by atoms with van der Waals surface area (Å²) in [5.41, 5.74) is 3.43. The first kappa shape index (κ1) is 14.2. The van der Waals surface area contributed by atoms with Gasteiger partial charge in [0.05, 0.1) is 0 Å². The fourth-order valence-corrected chi connectivity index (χ4v) is 3.42. The van der Waals surface area contributed by atoms with Gasteiger partial charge in [-0.1, -0.05) is 30.3 Å². The molecule has 3 heteroatoms. The van der Waals surface area contributed by atoms with Gasteiger partial charge in [-0.15, -0.1) is 0 Å². The van der Waals surface area contributed by atoms with E-state index in [0.717, 1.165) is 25.4 Å². The summed E-state index contributed by atoms with van der Waals surface area (Å²) in [7, 11) is 0. The maximum atomic E-state index is 4.16. The van der Waals surface area contributed by atoms with E-state index in [4.69, 9.17) is 0 Å². The van der Waals surface area contributed by atoms with Crippen LogP contribution in [0.25, 0.3) is 0 Å². The number of rotatable bonds is 8. The van der Waals surface area contributed by atoms with Crippen LogP contribution in [0.3, 0.4) is 0 Å². The van der Waals surface area contributed by atoms with Crippen LogP contribution in [0.4, 0.5) is 0 Å². The Hall–Kier alpha value is -1.45. The van der Waals surface area contributed by atoms with Crippen LogP contribution in [0.2, 0.25) is 0 Å². The molecule has 1 heterocycles. The van der Waals surface area contributed by atoms with Gasteiger partial charge in [0.2, 0.25) is 0 Å². The second-order valence-corrected chi connectivity index (χ2v) is 7.17. The molecule has 2 N–H and O–H groups in total. The SMILES string of the molecule is C1=NC=C(CNCC2(CN[C@H]3CC3c3ccccc3)CC2)C1. The quantitative estimate of drug-likeness (QED) is 0.774. The van der Waals surface area contributed by atoms with Crippen molar-refractivity contribution >= 4 is 6.21 Å². The van der Waals surface area contributed by atoms with E-state index < -0.39 is 0 Å². The lowest BCUT2D eigenvalue weighted by Crippen LogP contribution is -2.34. The highest BCUT2D eigenvalue weighted by atomic mass is 15.0. The zero-order valence-electron chi connectivity index (χ0n) is 13.1. The molecule has 1 unspecified atom stereocenters. The number of aliphatic imine (C=N–C) groups is 1. The van der Waals surface area contributed by atoms with Gasteiger partial charge in [0.15, 0.2) is 0 Å². The van der Waals surface area contributed by atoms with Crippen LogP contribution >= 0.6 is 0 Å². The predicted molar refractivity (Wildman–Crippen MR) is 91.3 cm³/mol. The number of hydrogen-bond donors (Lipinski definition) is 2. The molecule has 1 aromatic carbocycles. The lowest BCUT2D eigenvalue weighted by molar-refractivity contribution is 0.427. The Morgan fingerprint density at radius 3 is 2.73 bits per heavy atom. The zero-order valence-corrected chi connectivity index (χ0v) is 13.1. The minimum Gasteiger partial charge on any atom is -0.313 e. The van der Waals surface area contributed by atoms with Gasteiger partial charge < -0.3 is 10.6 Å². The van der Waals surface area contributed by atoms with E-state index in [-0.39, 0.29) is 0 Å². The van der Waals surface area contributed by atoms with E-state index in [1.165, 1.54) is 36.9 Å². The molecule has 0 spiro atoms. The summed E-state index contributed by atoms with van der Waals surface area (Å²) in [6.07, 6.45) is 9.05. The second-order valence-electron chi connectivity index (χ2n) is 7.17. The van der Waals surface area contributed by atoms with Gasteiger partial charge >= 0.3 is 0 Å². The molecule has 3 aliphatic rings. The van der Waals surface area contributed by atoms with Gasteiger partial charge in [0.25, 0.3) is 0 Å². The average molecular weight is 295 g/mol. The molecule has 116 valence electrons. The standard InChI is InChI=1S/C19H25N3/c1-2-4-16(5-3-1)17-10-18(17)22-14-19(7-8-19)13-21-12-15-6-9-20-11-15/h1-5,9,11,17-18,21-22H,6-8,10,12-14H2/t17?,18-/m0/s1. The van der Waals surface area contributed by atoms with E-state index in [1.54, 1.807) is 0 Å². The summed E-state index contributed by atoms with van der Waals surface area (Å²) < 4.78 is 0. The molecular formula is C19H25N3. The van der Waals surface area contributed by atoms with Gasteiger partial charge in [-0.2, -0.15) is 0 Å². The van der Waals surface area contributed by atoms with E-state index in [2.05, 4.69) is 46.0 Å². The first-order chi connectivity index (χ1) is 10.8. The summed E-state index contributed by atoms with van der Waals surface area (Å²) in [5, 5.41) is 7.44. The third-order valence-electron chi connectivity index (χ3n) is 5.28. The Bertz CT molecular complexity index is 572. The van der Waals surface area contributed by atoms with Crippen molar-refractivity contribution in [2.75, 3.05) is 19.6 Å². The molecule has 1 aliphatic heterocycles. The smallest absolute Gasteiger partial charge is 0.0272 e. The Morgan fingerprint density at radius 1 is 1.14 bits per heavy atom. The first-order valence-corrected chi connectivity index (χ1v) is 8.53. The molecule has 1 aromatic rings. The Kier molecular flexibility index (Phi) is 3.85. The van der Waals surface area contributed by atoms with Crippen molar-refractivity contribution in [3.8, 4) is 0 Å². The highest BCUT2D eigenvalue weighted by Gasteiger charge is 2.45. The molecule has 0 saturated heterocycles. The average Bonchev–Trinajstić information content (AvgIpc) is 3.45. The maximum absolute atomic E-state index is 4.16. The number of nitrogens with one attached hydrogen (secondary N) is 2. The van der Waals surface area contributed by atoms with Crippen molar-refractivity contribution in [3.63, 3.8) is 0 Å². The molecule has 2 atom stereocenters. The summed E-state index contributed by atoms with van der Waals surface area (Å²) in [5.74, 6) is 0.741. The summed E-state index contributed by atoms with van der Waals surface area (Å²) in [4.78, 5) is 4.16. The van der Waals surface area contributed by atoms with Crippen molar-refractivity contribution in [1.29, 1.82) is 0 Å². The van der Waals surface area contributed by atoms with Crippen LogP contribution in [-0.4, -0.2) is 31.9 Å². The first-order valence-electron chi connectivity index (χ1n) is 8.53. The minimum atomic E-state index is 0.518. The topological polar surface area (TPSA) is 36.4 Å². The van der Waals surface area contributed by atoms with Crippen LogP contribution in [-0.2, 0) is 0 Å². The van der Waals surface area contributed by atoms with Crippen molar-refractivity contribution in [2.24, 2.45) is 10.4 Å². The fraction of sp³-hybridized carbons (Fsp3) is 0.526. The molecule has 3 nitrogen and oxygen atoms in total. The van der Waals surface area contributed by atoms with E-state index >= 15 is 0 Å². The summed E-state index contributed by atoms with van der Waals surface area (Å²) >= 11 is 0. The second kappa shape index (κ2) is 5.98. The van der Waals surface area contributed by atoms with Crippen molar-refractivity contribution in [2.45, 2.75) is 37.6 Å². The minimum absolute atomic E-state index is 0.518. The van der Waals surface area contributed by atoms with Crippen LogP contribution in [0.15, 0.2) is 47.1 Å². The molecule has 0 radical (unpaired) electrons. The summed E-state index contributed by atoms with van der Waals surface area (Å²) in [6, 6.07) is 11.6. The van der Waals surface area contributed by atoms with E-state index in [1.807, 2.05) is 12.4 Å². The highest BCUT2D eigenvalue weighted by molar-refractivity contribution is 5.65. The van der Waals surface area contributed by atoms with Crippen LogP contribution in [0, 0.1) is 5.41 Å². The molecule has 0 aromatic heterocycles. The Morgan fingerprint density at radius 2 is 2.00 bits per heavy atom. The lowest BCUT2D eigenvalue weighted by atomic mass is 10.1. The number of hydrogen-bond acceptors (Lipinski definition) is 3. The van der Waals surface area contributed by atoms with Crippen molar-refractivity contribution < 1.29 is 0 Å². The van der Waals surface area contributed by atoms with Crippen molar-refractivity contribution in [1.82, 2.24) is 10.6 Å². The van der Waals surface area contributed by atoms with Crippen LogP contribution < -0.4 is 10.6 Å².